The third-order valence-electron chi connectivity index (χ3n) is 8.18. The molecular weight excluding hydrogens is 482 g/mol. The molecular formula is C29H37N5O4. The number of nitrogens with one attached hydrogen (secondary N) is 2. The number of aromatic nitrogens is 1. The topological polar surface area (TPSA) is 127 Å². The van der Waals surface area contributed by atoms with Gasteiger partial charge in [0.1, 0.15) is 11.6 Å². The van der Waals surface area contributed by atoms with Crippen LogP contribution in [0.3, 0.4) is 0 Å². The Balaban J connectivity index is 1.29. The van der Waals surface area contributed by atoms with Crippen molar-refractivity contribution in [3.63, 3.8) is 0 Å². The van der Waals surface area contributed by atoms with Crippen molar-refractivity contribution in [1.29, 1.82) is 0 Å². The van der Waals surface area contributed by atoms with Crippen molar-refractivity contribution in [2.24, 2.45) is 11.7 Å². The first kappa shape index (κ1) is 26.0. The number of amides is 2. The molecule has 5 rings (SSSR count). The summed E-state index contributed by atoms with van der Waals surface area (Å²) in [7, 11) is 1.48. The minimum absolute atomic E-state index is 0.0125. The third-order valence-corrected chi connectivity index (χ3v) is 8.18. The highest BCUT2D eigenvalue weighted by Gasteiger charge is 2.42. The Morgan fingerprint density at radius 2 is 1.82 bits per heavy atom. The number of pyridine rings is 1. The van der Waals surface area contributed by atoms with Gasteiger partial charge in [-0.3, -0.25) is 14.4 Å². The van der Waals surface area contributed by atoms with Crippen molar-refractivity contribution in [1.82, 2.24) is 10.3 Å². The molecule has 2 aromatic rings. The summed E-state index contributed by atoms with van der Waals surface area (Å²) in [6, 6.07) is 7.75. The van der Waals surface area contributed by atoms with Crippen LogP contribution in [0, 0.1) is 5.92 Å². The molecule has 202 valence electrons. The fourth-order valence-electron chi connectivity index (χ4n) is 5.81. The standard InChI is InChI=1S/C29H37N5O4/c1-4-16(2)32-24-13-23(25(38-3)14-22(24)28(30)36)29(37)33-19-11-20-8-9-21(12-19)34(20)26-10-7-18(15-31-26)27(35)17-5-6-17/h7,10,13-17,19-21,32H,4-6,8-9,11-12H2,1-3H3,(H2,30,36)(H,33,37)/t16-,19?,20?,21?/m1/s1. The van der Waals surface area contributed by atoms with Gasteiger partial charge in [-0.1, -0.05) is 6.92 Å². The second-order valence-electron chi connectivity index (χ2n) is 10.9. The maximum Gasteiger partial charge on any atom is 0.255 e. The zero-order chi connectivity index (χ0) is 27.0. The van der Waals surface area contributed by atoms with Crippen LogP contribution in [0.15, 0.2) is 30.5 Å². The van der Waals surface area contributed by atoms with Gasteiger partial charge in [0.2, 0.25) is 0 Å². The first-order valence-electron chi connectivity index (χ1n) is 13.7. The Labute approximate surface area is 223 Å². The van der Waals surface area contributed by atoms with E-state index >= 15 is 0 Å². The zero-order valence-electron chi connectivity index (χ0n) is 22.3. The molecule has 2 amide bonds. The molecule has 2 aliphatic heterocycles. The highest BCUT2D eigenvalue weighted by atomic mass is 16.5. The second-order valence-corrected chi connectivity index (χ2v) is 10.9. The molecule has 2 bridgehead atoms. The van der Waals surface area contributed by atoms with Gasteiger partial charge < -0.3 is 26.0 Å². The Bertz CT molecular complexity index is 1210. The molecule has 1 aliphatic carbocycles. The fraction of sp³-hybridized carbons (Fsp3) is 0.517. The van der Waals surface area contributed by atoms with Crippen molar-refractivity contribution >= 4 is 29.1 Å². The molecule has 9 nitrogen and oxygen atoms in total. The maximum absolute atomic E-state index is 13.4. The molecule has 0 spiro atoms. The van der Waals surface area contributed by atoms with E-state index in [1.54, 1.807) is 12.3 Å². The van der Waals surface area contributed by atoms with E-state index < -0.39 is 5.91 Å². The van der Waals surface area contributed by atoms with Crippen molar-refractivity contribution < 1.29 is 19.1 Å². The van der Waals surface area contributed by atoms with Gasteiger partial charge in [0, 0.05) is 47.5 Å². The molecule has 3 atom stereocenters. The molecule has 1 saturated carbocycles. The van der Waals surface area contributed by atoms with Crippen LogP contribution in [-0.2, 0) is 0 Å². The summed E-state index contributed by atoms with van der Waals surface area (Å²) in [6.07, 6.45) is 8.25. The number of ketones is 1. The monoisotopic (exact) mass is 519 g/mol. The highest BCUT2D eigenvalue weighted by molar-refractivity contribution is 6.04. The lowest BCUT2D eigenvalue weighted by Gasteiger charge is -2.40. The average Bonchev–Trinajstić information content (AvgIpc) is 3.72. The van der Waals surface area contributed by atoms with Gasteiger partial charge in [-0.15, -0.1) is 0 Å². The number of hydrogen-bond donors (Lipinski definition) is 3. The normalized spacial score (nSPS) is 23.0. The number of ether oxygens (including phenoxy) is 1. The first-order chi connectivity index (χ1) is 18.3. The molecule has 2 unspecified atom stereocenters. The van der Waals surface area contributed by atoms with Crippen molar-refractivity contribution in [3.05, 3.63) is 47.2 Å². The fourth-order valence-corrected chi connectivity index (χ4v) is 5.81. The van der Waals surface area contributed by atoms with Crippen LogP contribution in [0.5, 0.6) is 5.75 Å². The minimum Gasteiger partial charge on any atom is -0.496 e. The molecule has 3 aliphatic rings. The molecule has 38 heavy (non-hydrogen) atoms. The Hall–Kier alpha value is -3.62. The summed E-state index contributed by atoms with van der Waals surface area (Å²) >= 11 is 0. The predicted octanol–water partition coefficient (Wildman–Crippen LogP) is 3.92. The number of piperidine rings is 1. The number of nitrogens with two attached hydrogens (primary N) is 1. The molecule has 4 N–H and O–H groups in total. The Morgan fingerprint density at radius 1 is 1.11 bits per heavy atom. The SMILES string of the molecule is CC[C@@H](C)Nc1cc(C(=O)NC2CC3CCC(C2)N3c2ccc(C(=O)C3CC3)cn2)c(OC)cc1C(N)=O. The van der Waals surface area contributed by atoms with E-state index in [9.17, 15) is 14.4 Å². The first-order valence-corrected chi connectivity index (χ1v) is 13.7. The van der Waals surface area contributed by atoms with E-state index in [-0.39, 0.29) is 41.8 Å². The number of Topliss-reactive ketones (excluding diaryl/α,β-unsaturated/α-hetero) is 1. The zero-order valence-corrected chi connectivity index (χ0v) is 22.3. The van der Waals surface area contributed by atoms with Crippen LogP contribution in [0.25, 0.3) is 0 Å². The number of carbonyl (C=O) groups is 3. The molecule has 0 radical (unpaired) electrons. The molecule has 1 aromatic carbocycles. The molecule has 3 fully saturated rings. The van der Waals surface area contributed by atoms with Crippen LogP contribution in [0.4, 0.5) is 11.5 Å². The van der Waals surface area contributed by atoms with Crippen LogP contribution < -0.4 is 26.0 Å². The van der Waals surface area contributed by atoms with Crippen LogP contribution in [0.1, 0.15) is 89.9 Å². The predicted molar refractivity (Wildman–Crippen MR) is 146 cm³/mol. The van der Waals surface area contributed by atoms with Gasteiger partial charge in [-0.2, -0.15) is 0 Å². The summed E-state index contributed by atoms with van der Waals surface area (Å²) in [5.74, 6) is 0.795. The van der Waals surface area contributed by atoms with Crippen molar-refractivity contribution in [2.75, 3.05) is 17.3 Å². The van der Waals surface area contributed by atoms with Gasteiger partial charge >= 0.3 is 0 Å². The summed E-state index contributed by atoms with van der Waals surface area (Å²) in [4.78, 5) is 44.9. The second kappa shape index (κ2) is 10.6. The third kappa shape index (κ3) is 5.19. The van der Waals surface area contributed by atoms with E-state index in [0.29, 0.717) is 28.1 Å². The van der Waals surface area contributed by atoms with E-state index in [1.807, 2.05) is 26.0 Å². The van der Waals surface area contributed by atoms with Gasteiger partial charge in [0.15, 0.2) is 5.78 Å². The Kier molecular flexibility index (Phi) is 7.27. The number of hydrogen-bond acceptors (Lipinski definition) is 7. The maximum atomic E-state index is 13.4. The number of methoxy groups -OCH3 is 1. The highest BCUT2D eigenvalue weighted by Crippen LogP contribution is 2.39. The lowest BCUT2D eigenvalue weighted by atomic mass is 9.96. The van der Waals surface area contributed by atoms with Gasteiger partial charge in [0.25, 0.3) is 11.8 Å². The van der Waals surface area contributed by atoms with Crippen LogP contribution in [-0.4, -0.2) is 53.9 Å². The van der Waals surface area contributed by atoms with Gasteiger partial charge in [0.05, 0.1) is 18.2 Å². The summed E-state index contributed by atoms with van der Waals surface area (Å²) in [6.45, 7) is 4.04. The molecule has 1 aromatic heterocycles. The smallest absolute Gasteiger partial charge is 0.255 e. The van der Waals surface area contributed by atoms with Gasteiger partial charge in [-0.25, -0.2) is 4.98 Å². The summed E-state index contributed by atoms with van der Waals surface area (Å²) in [5.41, 5.74) is 7.50. The van der Waals surface area contributed by atoms with E-state index in [2.05, 4.69) is 20.5 Å². The number of carbonyl (C=O) groups excluding carboxylic acids is 3. The van der Waals surface area contributed by atoms with Crippen LogP contribution >= 0.6 is 0 Å². The number of benzene rings is 1. The number of primary amides is 1. The van der Waals surface area contributed by atoms with E-state index in [1.165, 1.54) is 13.2 Å². The van der Waals surface area contributed by atoms with Crippen LogP contribution in [0.2, 0.25) is 0 Å². The molecule has 9 heteroatoms. The summed E-state index contributed by atoms with van der Waals surface area (Å²) < 4.78 is 5.47. The van der Waals surface area contributed by atoms with Crippen molar-refractivity contribution in [3.8, 4) is 5.75 Å². The number of nitrogens with zero attached hydrogens (tertiary/aromatic N) is 2. The number of anilines is 2. The minimum atomic E-state index is -0.580. The summed E-state index contributed by atoms with van der Waals surface area (Å²) in [5, 5.41) is 6.50. The lowest BCUT2D eigenvalue weighted by Crippen LogP contribution is -2.50. The Morgan fingerprint density at radius 3 is 2.37 bits per heavy atom. The average molecular weight is 520 g/mol. The van der Waals surface area contributed by atoms with Crippen molar-refractivity contribution in [2.45, 2.75) is 83.0 Å². The lowest BCUT2D eigenvalue weighted by molar-refractivity contribution is 0.0921. The van der Waals surface area contributed by atoms with E-state index in [0.717, 1.165) is 50.8 Å². The molecule has 2 saturated heterocycles. The van der Waals surface area contributed by atoms with Gasteiger partial charge in [-0.05, 0) is 76.1 Å². The number of rotatable bonds is 10. The molecule has 3 heterocycles. The largest absolute Gasteiger partial charge is 0.496 e. The quantitative estimate of drug-likeness (QED) is 0.406. The van der Waals surface area contributed by atoms with E-state index in [4.69, 9.17) is 10.5 Å². The number of fused-ring (bicyclic) bond motifs is 2.